The molecule has 0 radical (unpaired) electrons. The molecule has 1 heterocycles. The Kier molecular flexibility index (Phi) is 9.78. The molecule has 14 heteroatoms. The Labute approximate surface area is 203 Å². The normalized spacial score (nSPS) is 24.3. The fraction of sp³-hybridized carbons (Fsp3) is 0.500. The Morgan fingerprint density at radius 3 is 1.83 bits per heavy atom. The minimum Gasteiger partial charge on any atom is -0.463 e. The van der Waals surface area contributed by atoms with Crippen molar-refractivity contribution in [1.29, 1.82) is 0 Å². The number of halogens is 3. The van der Waals surface area contributed by atoms with E-state index in [0.29, 0.717) is 0 Å². The third kappa shape index (κ3) is 8.52. The van der Waals surface area contributed by atoms with Gasteiger partial charge in [0.2, 0.25) is 12.4 Å². The van der Waals surface area contributed by atoms with Crippen LogP contribution < -0.4 is 0 Å². The first-order valence-corrected chi connectivity index (χ1v) is 10.5. The summed E-state index contributed by atoms with van der Waals surface area (Å²) in [7, 11) is 0. The van der Waals surface area contributed by atoms with E-state index in [-0.39, 0.29) is 5.69 Å². The van der Waals surface area contributed by atoms with E-state index < -0.39 is 73.3 Å². The van der Waals surface area contributed by atoms with Crippen molar-refractivity contribution in [1.82, 2.24) is 0 Å². The highest BCUT2D eigenvalue weighted by molar-refractivity contribution is 5.84. The molecule has 0 aromatic heterocycles. The molecule has 0 saturated carbocycles. The van der Waals surface area contributed by atoms with Crippen LogP contribution in [0.1, 0.15) is 27.7 Å². The summed E-state index contributed by atoms with van der Waals surface area (Å²) in [5.41, 5.74) is -0.115. The first-order valence-electron chi connectivity index (χ1n) is 10.5. The van der Waals surface area contributed by atoms with Crippen molar-refractivity contribution in [3.63, 3.8) is 0 Å². The maximum absolute atomic E-state index is 13.8. The summed E-state index contributed by atoms with van der Waals surface area (Å²) in [6.45, 7) is 3.34. The van der Waals surface area contributed by atoms with E-state index in [1.807, 2.05) is 0 Å². The van der Waals surface area contributed by atoms with E-state index in [4.69, 9.17) is 28.4 Å². The average Bonchev–Trinajstić information content (AvgIpc) is 2.75. The number of nitrogens with zero attached hydrogens (tertiary/aromatic N) is 1. The van der Waals surface area contributed by atoms with Crippen LogP contribution in [0.15, 0.2) is 35.3 Å². The summed E-state index contributed by atoms with van der Waals surface area (Å²) >= 11 is 0. The SMILES string of the molecule is CC(=O)OC[C@H]1O[C@H](OC(=Nc2ccccc2)C(F)(F)F)[C@H](OC(C)=O)[C@@H](OC(C)=O)[C@@H]1OC(C)=O. The molecule has 0 unspecified atom stereocenters. The van der Waals surface area contributed by atoms with Gasteiger partial charge < -0.3 is 28.4 Å². The topological polar surface area (TPSA) is 136 Å². The predicted molar refractivity (Wildman–Crippen MR) is 113 cm³/mol. The number of aliphatic imine (C=N–C) groups is 1. The average molecular weight is 519 g/mol. The number of rotatable bonds is 7. The van der Waals surface area contributed by atoms with Crippen LogP contribution in [0.2, 0.25) is 0 Å². The number of para-hydroxylation sites is 1. The number of ether oxygens (including phenoxy) is 6. The number of alkyl halides is 3. The largest absolute Gasteiger partial charge is 0.468 e. The molecule has 36 heavy (non-hydrogen) atoms. The highest BCUT2D eigenvalue weighted by Crippen LogP contribution is 2.32. The van der Waals surface area contributed by atoms with E-state index in [9.17, 15) is 32.3 Å². The second kappa shape index (κ2) is 12.3. The van der Waals surface area contributed by atoms with Crippen LogP contribution in [0.25, 0.3) is 0 Å². The molecule has 0 N–H and O–H groups in total. The van der Waals surface area contributed by atoms with Gasteiger partial charge >= 0.3 is 30.1 Å². The smallest absolute Gasteiger partial charge is 0.463 e. The second-order valence-electron chi connectivity index (χ2n) is 7.44. The molecule has 1 aliphatic rings. The molecule has 1 saturated heterocycles. The Bertz CT molecular complexity index is 982. The van der Waals surface area contributed by atoms with Crippen molar-refractivity contribution in [2.75, 3.05) is 6.61 Å². The molecule has 0 aliphatic carbocycles. The van der Waals surface area contributed by atoms with Crippen LogP contribution in [0, 0.1) is 0 Å². The Balaban J connectivity index is 2.55. The number of carbonyl (C=O) groups excluding carboxylic acids is 4. The molecule has 2 rings (SSSR count). The summed E-state index contributed by atoms with van der Waals surface area (Å²) in [5, 5.41) is 0. The van der Waals surface area contributed by atoms with Gasteiger partial charge in [-0.2, -0.15) is 13.2 Å². The lowest BCUT2D eigenvalue weighted by Gasteiger charge is -2.43. The minimum atomic E-state index is -5.13. The number of esters is 4. The number of carbonyl (C=O) groups is 4. The third-order valence-corrected chi connectivity index (χ3v) is 4.41. The molecular formula is C22H24F3NO10. The van der Waals surface area contributed by atoms with Gasteiger partial charge in [-0.05, 0) is 12.1 Å². The van der Waals surface area contributed by atoms with Crippen molar-refractivity contribution in [3.8, 4) is 0 Å². The first kappa shape index (κ1) is 28.6. The summed E-state index contributed by atoms with van der Waals surface area (Å²) in [5.74, 6) is -5.39. The van der Waals surface area contributed by atoms with Gasteiger partial charge in [0.15, 0.2) is 12.2 Å². The lowest BCUT2D eigenvalue weighted by molar-refractivity contribution is -0.295. The van der Waals surface area contributed by atoms with Gasteiger partial charge in [0.25, 0.3) is 5.90 Å². The molecule has 5 atom stereocenters. The highest BCUT2D eigenvalue weighted by atomic mass is 19.4. The molecular weight excluding hydrogens is 495 g/mol. The maximum Gasteiger partial charge on any atom is 0.468 e. The third-order valence-electron chi connectivity index (χ3n) is 4.41. The van der Waals surface area contributed by atoms with Gasteiger partial charge in [-0.1, -0.05) is 18.2 Å². The molecule has 0 bridgehead atoms. The maximum atomic E-state index is 13.8. The zero-order chi connectivity index (χ0) is 27.0. The van der Waals surface area contributed by atoms with Crippen LogP contribution in [-0.2, 0) is 47.6 Å². The predicted octanol–water partition coefficient (Wildman–Crippen LogP) is 2.38. The molecule has 198 valence electrons. The highest BCUT2D eigenvalue weighted by Gasteiger charge is 2.55. The molecule has 11 nitrogen and oxygen atoms in total. The standard InChI is InChI=1S/C22H24F3NO10/c1-11(27)31-10-16-17(32-12(2)28)18(33-13(3)29)19(34-14(4)30)20(35-16)36-21(22(23,24)25)26-15-8-6-5-7-9-15/h5-9,16-20H,10H2,1-4H3/t16-,17-,18+,19-,20-/m1/s1. The summed E-state index contributed by atoms with van der Waals surface area (Å²) in [6, 6.07) is 7.01. The molecule has 0 amide bonds. The zero-order valence-electron chi connectivity index (χ0n) is 19.6. The van der Waals surface area contributed by atoms with Crippen LogP contribution in [0.4, 0.5) is 18.9 Å². The van der Waals surface area contributed by atoms with E-state index >= 15 is 0 Å². The van der Waals surface area contributed by atoms with Gasteiger partial charge in [0.1, 0.15) is 12.7 Å². The van der Waals surface area contributed by atoms with E-state index in [2.05, 4.69) is 4.99 Å². The Hall–Kier alpha value is -3.68. The first-order chi connectivity index (χ1) is 16.8. The summed E-state index contributed by atoms with van der Waals surface area (Å²) < 4.78 is 72.2. The van der Waals surface area contributed by atoms with Crippen molar-refractivity contribution < 1.29 is 60.8 Å². The van der Waals surface area contributed by atoms with Crippen molar-refractivity contribution in [3.05, 3.63) is 30.3 Å². The number of hydrogen-bond acceptors (Lipinski definition) is 11. The van der Waals surface area contributed by atoms with Gasteiger partial charge in [-0.15, -0.1) is 0 Å². The van der Waals surface area contributed by atoms with Crippen LogP contribution in [0.5, 0.6) is 0 Å². The monoisotopic (exact) mass is 519 g/mol. The molecule has 1 aliphatic heterocycles. The van der Waals surface area contributed by atoms with E-state index in [1.54, 1.807) is 6.07 Å². The van der Waals surface area contributed by atoms with Crippen LogP contribution >= 0.6 is 0 Å². The summed E-state index contributed by atoms with van der Waals surface area (Å²) in [6.07, 6.45) is -13.8. The van der Waals surface area contributed by atoms with Crippen molar-refractivity contribution in [2.45, 2.75) is 64.6 Å². The Morgan fingerprint density at radius 1 is 0.806 bits per heavy atom. The Morgan fingerprint density at radius 2 is 1.33 bits per heavy atom. The molecule has 1 fully saturated rings. The lowest BCUT2D eigenvalue weighted by atomic mass is 9.98. The molecule has 1 aromatic rings. The minimum absolute atomic E-state index is 0.115. The quantitative estimate of drug-likeness (QED) is 0.229. The number of benzene rings is 1. The second-order valence-corrected chi connectivity index (χ2v) is 7.44. The van der Waals surface area contributed by atoms with Crippen molar-refractivity contribution >= 4 is 35.5 Å². The lowest BCUT2D eigenvalue weighted by Crippen LogP contribution is -2.63. The van der Waals surface area contributed by atoms with E-state index in [1.165, 1.54) is 24.3 Å². The van der Waals surface area contributed by atoms with Gasteiger partial charge in [0, 0.05) is 27.7 Å². The summed E-state index contributed by atoms with van der Waals surface area (Å²) in [4.78, 5) is 50.1. The van der Waals surface area contributed by atoms with E-state index in [0.717, 1.165) is 27.7 Å². The molecule has 1 aromatic carbocycles. The van der Waals surface area contributed by atoms with Gasteiger partial charge in [0.05, 0.1) is 5.69 Å². The fourth-order valence-corrected chi connectivity index (χ4v) is 3.17. The van der Waals surface area contributed by atoms with Crippen LogP contribution in [-0.4, -0.2) is 73.3 Å². The molecule has 0 spiro atoms. The fourth-order valence-electron chi connectivity index (χ4n) is 3.17. The van der Waals surface area contributed by atoms with Gasteiger partial charge in [-0.3, -0.25) is 19.2 Å². The zero-order valence-corrected chi connectivity index (χ0v) is 19.6. The van der Waals surface area contributed by atoms with Crippen LogP contribution in [0.3, 0.4) is 0 Å². The van der Waals surface area contributed by atoms with Gasteiger partial charge in [-0.25, -0.2) is 4.99 Å². The van der Waals surface area contributed by atoms with Crippen molar-refractivity contribution in [2.24, 2.45) is 4.99 Å². The number of hydrogen-bond donors (Lipinski definition) is 0.